The Hall–Kier alpha value is -2.41. The van der Waals surface area contributed by atoms with Gasteiger partial charge in [0.1, 0.15) is 18.2 Å². The van der Waals surface area contributed by atoms with E-state index in [1.807, 2.05) is 30.3 Å². The highest BCUT2D eigenvalue weighted by molar-refractivity contribution is 5.80. The van der Waals surface area contributed by atoms with E-state index in [1.54, 1.807) is 0 Å². The van der Waals surface area contributed by atoms with Crippen LogP contribution in [0.1, 0.15) is 5.56 Å². The van der Waals surface area contributed by atoms with Gasteiger partial charge in [-0.3, -0.25) is 0 Å². The number of hydrogen-bond acceptors (Lipinski definition) is 5. The van der Waals surface area contributed by atoms with Crippen LogP contribution in [0.25, 0.3) is 22.4 Å². The van der Waals surface area contributed by atoms with Crippen molar-refractivity contribution in [3.05, 3.63) is 48.0 Å². The molecule has 6 heteroatoms. The Balaban J connectivity index is 1.47. The normalized spacial score (nSPS) is 11.2. The van der Waals surface area contributed by atoms with Gasteiger partial charge in [0.15, 0.2) is 0 Å². The van der Waals surface area contributed by atoms with E-state index in [2.05, 4.69) is 29.0 Å². The fourth-order valence-corrected chi connectivity index (χ4v) is 2.57. The van der Waals surface area contributed by atoms with Gasteiger partial charge in [-0.1, -0.05) is 6.07 Å². The number of hydrogen-bond donors (Lipinski definition) is 2. The van der Waals surface area contributed by atoms with Crippen LogP contribution in [0, 0.1) is 6.92 Å². The van der Waals surface area contributed by atoms with E-state index in [0.717, 1.165) is 28.2 Å². The third kappa shape index (κ3) is 5.05. The highest BCUT2D eigenvalue weighted by Crippen LogP contribution is 2.23. The van der Waals surface area contributed by atoms with E-state index >= 15 is 0 Å². The minimum absolute atomic E-state index is 0.0345. The molecule has 0 saturated heterocycles. The van der Waals surface area contributed by atoms with Gasteiger partial charge in [0.25, 0.3) is 0 Å². The third-order valence-corrected chi connectivity index (χ3v) is 3.87. The predicted octanol–water partition coefficient (Wildman–Crippen LogP) is 2.94. The average Bonchev–Trinajstić information content (AvgIpc) is 3.07. The summed E-state index contributed by atoms with van der Waals surface area (Å²) in [6.45, 7) is 4.39. The molecule has 3 rings (SSSR count). The molecule has 0 aliphatic heterocycles. The van der Waals surface area contributed by atoms with Crippen molar-refractivity contribution in [2.24, 2.45) is 0 Å². The number of aromatic amines is 1. The molecule has 0 spiro atoms. The summed E-state index contributed by atoms with van der Waals surface area (Å²) in [5.74, 6) is 1.64. The minimum Gasteiger partial charge on any atom is -0.491 e. The number of benzene rings is 2. The molecule has 0 aliphatic carbocycles. The average molecular weight is 356 g/mol. The molecule has 0 radical (unpaired) electrons. The Kier molecular flexibility index (Phi) is 6.60. The summed E-state index contributed by atoms with van der Waals surface area (Å²) >= 11 is 0. The largest absolute Gasteiger partial charge is 0.491 e. The van der Waals surface area contributed by atoms with Gasteiger partial charge < -0.3 is 24.3 Å². The van der Waals surface area contributed by atoms with Gasteiger partial charge in [0.05, 0.1) is 44.1 Å². The van der Waals surface area contributed by atoms with Crippen LogP contribution in [-0.2, 0) is 9.47 Å². The number of aryl methyl sites for hydroxylation is 1. The van der Waals surface area contributed by atoms with E-state index in [-0.39, 0.29) is 6.61 Å². The highest BCUT2D eigenvalue weighted by Gasteiger charge is 2.05. The molecule has 6 nitrogen and oxygen atoms in total. The number of nitrogens with zero attached hydrogens (tertiary/aromatic N) is 1. The summed E-state index contributed by atoms with van der Waals surface area (Å²) in [7, 11) is 0. The maximum Gasteiger partial charge on any atom is 0.138 e. The molecule has 0 amide bonds. The first-order valence-corrected chi connectivity index (χ1v) is 8.72. The topological polar surface area (TPSA) is 76.6 Å². The Morgan fingerprint density at radius 1 is 0.923 bits per heavy atom. The molecule has 2 N–H and O–H groups in total. The van der Waals surface area contributed by atoms with Gasteiger partial charge in [0, 0.05) is 5.56 Å². The zero-order chi connectivity index (χ0) is 18.2. The van der Waals surface area contributed by atoms with Crippen LogP contribution in [0.15, 0.2) is 42.5 Å². The molecule has 1 aromatic heterocycles. The van der Waals surface area contributed by atoms with Crippen molar-refractivity contribution in [1.29, 1.82) is 0 Å². The molecule has 0 atom stereocenters. The molecule has 0 aliphatic rings. The van der Waals surface area contributed by atoms with Crippen LogP contribution in [0.3, 0.4) is 0 Å². The molecule has 1 heterocycles. The van der Waals surface area contributed by atoms with Crippen LogP contribution < -0.4 is 4.74 Å². The lowest BCUT2D eigenvalue weighted by Crippen LogP contribution is -2.11. The maximum atomic E-state index is 8.58. The number of ether oxygens (including phenoxy) is 3. The molecule has 26 heavy (non-hydrogen) atoms. The first kappa shape index (κ1) is 18.4. The van der Waals surface area contributed by atoms with Crippen molar-refractivity contribution < 1.29 is 19.3 Å². The molecule has 0 bridgehead atoms. The number of aliphatic hydroxyl groups is 1. The quantitative estimate of drug-likeness (QED) is 0.546. The molecular weight excluding hydrogens is 332 g/mol. The van der Waals surface area contributed by atoms with Crippen molar-refractivity contribution in [3.63, 3.8) is 0 Å². The van der Waals surface area contributed by atoms with E-state index in [1.165, 1.54) is 5.56 Å². The first-order valence-electron chi connectivity index (χ1n) is 8.72. The van der Waals surface area contributed by atoms with Gasteiger partial charge in [-0.15, -0.1) is 0 Å². The third-order valence-electron chi connectivity index (χ3n) is 3.87. The summed E-state index contributed by atoms with van der Waals surface area (Å²) in [6.07, 6.45) is 0. The van der Waals surface area contributed by atoms with E-state index in [0.29, 0.717) is 33.0 Å². The standard InChI is InChI=1S/C20H24N2O4/c1-15-2-7-18-19(14-15)22-20(21-18)16-3-5-17(6-4-16)26-13-12-25-11-10-24-9-8-23/h2-7,14,23H,8-13H2,1H3,(H,21,22). The maximum absolute atomic E-state index is 8.58. The van der Waals surface area contributed by atoms with Crippen molar-refractivity contribution in [1.82, 2.24) is 9.97 Å². The Morgan fingerprint density at radius 2 is 1.65 bits per heavy atom. The molecule has 138 valence electrons. The molecule has 2 aromatic carbocycles. The van der Waals surface area contributed by atoms with Crippen molar-refractivity contribution >= 4 is 11.0 Å². The Bertz CT molecular complexity index is 814. The van der Waals surface area contributed by atoms with Gasteiger partial charge in [-0.05, 0) is 48.9 Å². The van der Waals surface area contributed by atoms with Crippen LogP contribution in [0.2, 0.25) is 0 Å². The molecule has 3 aromatic rings. The monoisotopic (exact) mass is 356 g/mol. The van der Waals surface area contributed by atoms with Gasteiger partial charge in [0.2, 0.25) is 0 Å². The number of nitrogens with one attached hydrogen (secondary N) is 1. The van der Waals surface area contributed by atoms with Crippen molar-refractivity contribution in [2.45, 2.75) is 6.92 Å². The fourth-order valence-electron chi connectivity index (χ4n) is 2.57. The highest BCUT2D eigenvalue weighted by atomic mass is 16.5. The van der Waals surface area contributed by atoms with Crippen LogP contribution in [-0.4, -0.2) is 54.7 Å². The van der Waals surface area contributed by atoms with Gasteiger partial charge in [-0.2, -0.15) is 0 Å². The predicted molar refractivity (Wildman–Crippen MR) is 100 cm³/mol. The second-order valence-electron chi connectivity index (χ2n) is 5.93. The zero-order valence-electron chi connectivity index (χ0n) is 14.9. The Morgan fingerprint density at radius 3 is 2.42 bits per heavy atom. The smallest absolute Gasteiger partial charge is 0.138 e. The fraction of sp³-hybridized carbons (Fsp3) is 0.350. The van der Waals surface area contributed by atoms with Gasteiger partial charge in [-0.25, -0.2) is 4.98 Å². The van der Waals surface area contributed by atoms with E-state index < -0.39 is 0 Å². The second kappa shape index (κ2) is 9.33. The lowest BCUT2D eigenvalue weighted by Gasteiger charge is -2.08. The van der Waals surface area contributed by atoms with E-state index in [9.17, 15) is 0 Å². The molecule has 0 fully saturated rings. The first-order chi connectivity index (χ1) is 12.8. The summed E-state index contributed by atoms with van der Waals surface area (Å²) in [6, 6.07) is 14.0. The summed E-state index contributed by atoms with van der Waals surface area (Å²) in [5.41, 5.74) is 4.23. The molecule has 0 saturated carbocycles. The minimum atomic E-state index is 0.0345. The molecule has 0 unspecified atom stereocenters. The van der Waals surface area contributed by atoms with Gasteiger partial charge >= 0.3 is 0 Å². The second-order valence-corrected chi connectivity index (χ2v) is 5.93. The van der Waals surface area contributed by atoms with Crippen LogP contribution in [0.4, 0.5) is 0 Å². The SMILES string of the molecule is Cc1ccc2nc(-c3ccc(OCCOCCOCCO)cc3)[nH]c2c1. The zero-order valence-corrected chi connectivity index (χ0v) is 14.9. The number of fused-ring (bicyclic) bond motifs is 1. The number of H-pyrrole nitrogens is 1. The summed E-state index contributed by atoms with van der Waals surface area (Å²) in [5, 5.41) is 8.58. The number of aromatic nitrogens is 2. The Labute approximate surface area is 152 Å². The van der Waals surface area contributed by atoms with Crippen molar-refractivity contribution in [3.8, 4) is 17.1 Å². The lowest BCUT2D eigenvalue weighted by molar-refractivity contribution is 0.0247. The van der Waals surface area contributed by atoms with Crippen molar-refractivity contribution in [2.75, 3.05) is 39.6 Å². The summed E-state index contributed by atoms with van der Waals surface area (Å²) in [4.78, 5) is 7.98. The van der Waals surface area contributed by atoms with Crippen LogP contribution >= 0.6 is 0 Å². The number of rotatable bonds is 10. The number of imidazole rings is 1. The van der Waals surface area contributed by atoms with Crippen LogP contribution in [0.5, 0.6) is 5.75 Å². The lowest BCUT2D eigenvalue weighted by atomic mass is 10.2. The summed E-state index contributed by atoms with van der Waals surface area (Å²) < 4.78 is 16.2. The number of aliphatic hydroxyl groups excluding tert-OH is 1. The van der Waals surface area contributed by atoms with E-state index in [4.69, 9.17) is 19.3 Å². The molecular formula is C20H24N2O4.